The van der Waals surface area contributed by atoms with Crippen LogP contribution in [0.15, 0.2) is 42.6 Å². The van der Waals surface area contributed by atoms with E-state index in [1.54, 1.807) is 4.40 Å². The van der Waals surface area contributed by atoms with Crippen molar-refractivity contribution in [3.63, 3.8) is 0 Å². The first-order valence-corrected chi connectivity index (χ1v) is 7.31. The molecule has 3 aromatic rings. The smallest absolute Gasteiger partial charge is 0.252 e. The van der Waals surface area contributed by atoms with Crippen LogP contribution in [-0.2, 0) is 6.42 Å². The molecule has 1 aliphatic rings. The number of halogens is 2. The summed E-state index contributed by atoms with van der Waals surface area (Å²) in [5, 5.41) is 8.19. The summed E-state index contributed by atoms with van der Waals surface area (Å²) in [5.41, 5.74) is 4.05. The van der Waals surface area contributed by atoms with E-state index in [2.05, 4.69) is 34.5 Å². The molecule has 1 atom stereocenters. The monoisotopic (exact) mass is 299 g/mol. The number of nitrogens with zero attached hydrogens (tertiary/aromatic N) is 3. The van der Waals surface area contributed by atoms with Crippen molar-refractivity contribution in [2.24, 2.45) is 5.92 Å². The SMILES string of the molecule is Cc1ccc(-c2ccn3c(CC4CC4(F)F)nnc3c2)cc1. The Morgan fingerprint density at radius 2 is 1.86 bits per heavy atom. The number of rotatable bonds is 3. The number of pyridine rings is 1. The van der Waals surface area contributed by atoms with E-state index in [9.17, 15) is 8.78 Å². The number of hydrogen-bond acceptors (Lipinski definition) is 2. The molecular weight excluding hydrogens is 284 g/mol. The highest BCUT2D eigenvalue weighted by atomic mass is 19.3. The van der Waals surface area contributed by atoms with Crippen LogP contribution in [0.3, 0.4) is 0 Å². The Hall–Kier alpha value is -2.30. The average Bonchev–Trinajstić information content (AvgIpc) is 2.92. The second-order valence-electron chi connectivity index (χ2n) is 5.99. The lowest BCUT2D eigenvalue weighted by Crippen LogP contribution is -2.01. The Kier molecular flexibility index (Phi) is 2.79. The molecule has 112 valence electrons. The van der Waals surface area contributed by atoms with E-state index in [0.29, 0.717) is 11.5 Å². The van der Waals surface area contributed by atoms with Crippen molar-refractivity contribution in [2.75, 3.05) is 0 Å². The molecule has 0 radical (unpaired) electrons. The molecule has 1 unspecified atom stereocenters. The maximum absolute atomic E-state index is 13.0. The molecule has 0 bridgehead atoms. The third-order valence-corrected chi connectivity index (χ3v) is 4.25. The second-order valence-corrected chi connectivity index (χ2v) is 5.99. The van der Waals surface area contributed by atoms with Crippen LogP contribution in [0.1, 0.15) is 17.8 Å². The van der Waals surface area contributed by atoms with E-state index in [-0.39, 0.29) is 12.8 Å². The van der Waals surface area contributed by atoms with Gasteiger partial charge in [-0.15, -0.1) is 10.2 Å². The number of aryl methyl sites for hydroxylation is 1. The molecule has 1 fully saturated rings. The molecular formula is C17H15F2N3. The lowest BCUT2D eigenvalue weighted by Gasteiger charge is -2.04. The largest absolute Gasteiger partial charge is 0.286 e. The molecule has 22 heavy (non-hydrogen) atoms. The fourth-order valence-electron chi connectivity index (χ4n) is 2.72. The summed E-state index contributed by atoms with van der Waals surface area (Å²) in [4.78, 5) is 0. The topological polar surface area (TPSA) is 30.2 Å². The Bertz CT molecular complexity index is 837. The predicted molar refractivity (Wildman–Crippen MR) is 79.9 cm³/mol. The lowest BCUT2D eigenvalue weighted by molar-refractivity contribution is 0.0984. The van der Waals surface area contributed by atoms with Crippen molar-refractivity contribution in [3.8, 4) is 11.1 Å². The van der Waals surface area contributed by atoms with E-state index >= 15 is 0 Å². The molecule has 1 aliphatic carbocycles. The average molecular weight is 299 g/mol. The quantitative estimate of drug-likeness (QED) is 0.734. The van der Waals surface area contributed by atoms with Gasteiger partial charge in [0.25, 0.3) is 5.92 Å². The zero-order chi connectivity index (χ0) is 15.3. The van der Waals surface area contributed by atoms with Crippen LogP contribution in [0, 0.1) is 12.8 Å². The summed E-state index contributed by atoms with van der Waals surface area (Å²) >= 11 is 0. The highest BCUT2D eigenvalue weighted by Gasteiger charge is 2.56. The number of benzene rings is 1. The summed E-state index contributed by atoms with van der Waals surface area (Å²) in [6, 6.07) is 12.1. The van der Waals surface area contributed by atoms with Crippen LogP contribution >= 0.6 is 0 Å². The van der Waals surface area contributed by atoms with E-state index in [0.717, 1.165) is 11.1 Å². The normalized spacial score (nSPS) is 19.5. The van der Waals surface area contributed by atoms with Gasteiger partial charge >= 0.3 is 0 Å². The first-order chi connectivity index (χ1) is 10.5. The molecule has 3 nitrogen and oxygen atoms in total. The third kappa shape index (κ3) is 2.26. The van der Waals surface area contributed by atoms with Gasteiger partial charge in [-0.3, -0.25) is 4.40 Å². The van der Waals surface area contributed by atoms with E-state index in [1.807, 2.05) is 25.3 Å². The standard InChI is InChI=1S/C17H15F2N3/c1-11-2-4-12(5-3-11)13-6-7-22-15(8-13)20-21-16(22)9-14-10-17(14,18)19/h2-8,14H,9-10H2,1H3. The molecule has 0 spiro atoms. The van der Waals surface area contributed by atoms with Gasteiger partial charge in [0.2, 0.25) is 0 Å². The first kappa shape index (κ1) is 13.4. The highest BCUT2D eigenvalue weighted by Crippen LogP contribution is 2.50. The first-order valence-electron chi connectivity index (χ1n) is 7.31. The molecule has 1 saturated carbocycles. The summed E-state index contributed by atoms with van der Waals surface area (Å²) in [5.74, 6) is -2.50. The highest BCUT2D eigenvalue weighted by molar-refractivity contribution is 5.67. The van der Waals surface area contributed by atoms with Crippen LogP contribution < -0.4 is 0 Å². The molecule has 4 rings (SSSR count). The Balaban J connectivity index is 1.66. The van der Waals surface area contributed by atoms with Gasteiger partial charge in [-0.05, 0) is 30.2 Å². The Labute approximate surface area is 126 Å². The maximum atomic E-state index is 13.0. The molecule has 0 N–H and O–H groups in total. The lowest BCUT2D eigenvalue weighted by atomic mass is 10.1. The number of aromatic nitrogens is 3. The summed E-state index contributed by atoms with van der Waals surface area (Å²) in [7, 11) is 0. The number of fused-ring (bicyclic) bond motifs is 1. The molecule has 5 heteroatoms. The third-order valence-electron chi connectivity index (χ3n) is 4.25. The minimum atomic E-state index is -2.52. The van der Waals surface area contributed by atoms with Crippen molar-refractivity contribution in [1.29, 1.82) is 0 Å². The van der Waals surface area contributed by atoms with Gasteiger partial charge in [0, 0.05) is 25.0 Å². The molecule has 2 aromatic heterocycles. The van der Waals surface area contributed by atoms with Gasteiger partial charge in [-0.1, -0.05) is 29.8 Å². The van der Waals surface area contributed by atoms with Crippen molar-refractivity contribution in [1.82, 2.24) is 14.6 Å². The minimum absolute atomic E-state index is 0.0383. The molecule has 1 aromatic carbocycles. The molecule has 0 amide bonds. The molecule has 0 saturated heterocycles. The van der Waals surface area contributed by atoms with Crippen LogP contribution in [-0.4, -0.2) is 20.5 Å². The number of alkyl halides is 2. The zero-order valence-electron chi connectivity index (χ0n) is 12.1. The molecule has 2 heterocycles. The van der Waals surface area contributed by atoms with Gasteiger partial charge in [-0.25, -0.2) is 8.78 Å². The fraction of sp³-hybridized carbons (Fsp3) is 0.294. The van der Waals surface area contributed by atoms with Gasteiger partial charge < -0.3 is 0 Å². The zero-order valence-corrected chi connectivity index (χ0v) is 12.1. The van der Waals surface area contributed by atoms with Crippen molar-refractivity contribution in [2.45, 2.75) is 25.7 Å². The van der Waals surface area contributed by atoms with Gasteiger partial charge in [-0.2, -0.15) is 0 Å². The van der Waals surface area contributed by atoms with Crippen LogP contribution in [0.25, 0.3) is 16.8 Å². The van der Waals surface area contributed by atoms with E-state index in [4.69, 9.17) is 0 Å². The second kappa shape index (κ2) is 4.60. The molecule has 0 aliphatic heterocycles. The van der Waals surface area contributed by atoms with Crippen molar-refractivity contribution < 1.29 is 8.78 Å². The van der Waals surface area contributed by atoms with E-state index in [1.165, 1.54) is 5.56 Å². The van der Waals surface area contributed by atoms with Crippen LogP contribution in [0.5, 0.6) is 0 Å². The van der Waals surface area contributed by atoms with Gasteiger partial charge in [0.1, 0.15) is 5.82 Å². The summed E-state index contributed by atoms with van der Waals surface area (Å²) < 4.78 is 27.9. The van der Waals surface area contributed by atoms with Gasteiger partial charge in [0.15, 0.2) is 5.65 Å². The Morgan fingerprint density at radius 3 is 2.55 bits per heavy atom. The van der Waals surface area contributed by atoms with Crippen LogP contribution in [0.4, 0.5) is 8.78 Å². The summed E-state index contributed by atoms with van der Waals surface area (Å²) in [6.07, 6.45) is 2.10. The van der Waals surface area contributed by atoms with Crippen molar-refractivity contribution >= 4 is 5.65 Å². The van der Waals surface area contributed by atoms with Crippen molar-refractivity contribution in [3.05, 3.63) is 54.0 Å². The summed E-state index contributed by atoms with van der Waals surface area (Å²) in [6.45, 7) is 2.05. The minimum Gasteiger partial charge on any atom is -0.286 e. The number of hydrogen-bond donors (Lipinski definition) is 0. The fourth-order valence-corrected chi connectivity index (χ4v) is 2.72. The van der Waals surface area contributed by atoms with E-state index < -0.39 is 11.8 Å². The maximum Gasteiger partial charge on any atom is 0.252 e. The van der Waals surface area contributed by atoms with Gasteiger partial charge in [0.05, 0.1) is 0 Å². The Morgan fingerprint density at radius 1 is 1.14 bits per heavy atom. The predicted octanol–water partition coefficient (Wildman–Crippen LogP) is 3.90. The van der Waals surface area contributed by atoms with Crippen LogP contribution in [0.2, 0.25) is 0 Å².